The molecule has 0 aliphatic heterocycles. The van der Waals surface area contributed by atoms with E-state index in [0.29, 0.717) is 0 Å². The molecule has 1 aliphatic carbocycles. The van der Waals surface area contributed by atoms with E-state index in [4.69, 9.17) is 0 Å². The Balaban J connectivity index is 1.80. The van der Waals surface area contributed by atoms with Crippen LogP contribution in [0.2, 0.25) is 0 Å². The van der Waals surface area contributed by atoms with Gasteiger partial charge in [-0.15, -0.1) is 0 Å². The van der Waals surface area contributed by atoms with E-state index >= 15 is 0 Å². The predicted molar refractivity (Wildman–Crippen MR) is 90.3 cm³/mol. The van der Waals surface area contributed by atoms with Crippen molar-refractivity contribution in [1.29, 1.82) is 0 Å². The van der Waals surface area contributed by atoms with Gasteiger partial charge >= 0.3 is 0 Å². The van der Waals surface area contributed by atoms with E-state index in [1.807, 2.05) is 11.3 Å². The molecule has 1 aliphatic rings. The highest BCUT2D eigenvalue weighted by atomic mass is 32.1. The number of nitrogens with one attached hydrogen (secondary N) is 1. The van der Waals surface area contributed by atoms with Gasteiger partial charge in [-0.25, -0.2) is 0 Å². The molecule has 1 fully saturated rings. The third kappa shape index (κ3) is 5.21. The van der Waals surface area contributed by atoms with Gasteiger partial charge in [-0.3, -0.25) is 0 Å². The van der Waals surface area contributed by atoms with Crippen molar-refractivity contribution >= 4 is 11.3 Å². The van der Waals surface area contributed by atoms with Crippen molar-refractivity contribution in [3.63, 3.8) is 0 Å². The smallest absolute Gasteiger partial charge is 0.00178 e. The summed E-state index contributed by atoms with van der Waals surface area (Å²) in [7, 11) is 0. The molecule has 1 aromatic rings. The molecule has 1 aromatic heterocycles. The molecule has 114 valence electrons. The Morgan fingerprint density at radius 2 is 2.15 bits per heavy atom. The number of hydrogen-bond acceptors (Lipinski definition) is 2. The van der Waals surface area contributed by atoms with Gasteiger partial charge in [0.05, 0.1) is 0 Å². The lowest BCUT2D eigenvalue weighted by Crippen LogP contribution is -2.34. The largest absolute Gasteiger partial charge is 0.316 e. The van der Waals surface area contributed by atoms with Gasteiger partial charge in [0, 0.05) is 0 Å². The van der Waals surface area contributed by atoms with Gasteiger partial charge in [-0.05, 0) is 84.8 Å². The Labute approximate surface area is 129 Å². The summed E-state index contributed by atoms with van der Waals surface area (Å²) in [5.41, 5.74) is 1.54. The maximum absolute atomic E-state index is 3.69. The molecule has 0 radical (unpaired) electrons. The molecule has 3 unspecified atom stereocenters. The number of rotatable bonds is 7. The molecule has 3 atom stereocenters. The van der Waals surface area contributed by atoms with Crippen LogP contribution < -0.4 is 5.32 Å². The standard InChI is InChI=1S/C18H31NS/c1-14(2)11-19-12-18-6-4-15(3)10-17(18)7-5-16-8-9-20-13-16/h8-9,13-15,17-19H,4-7,10-12H2,1-3H3. The van der Waals surface area contributed by atoms with Gasteiger partial charge in [0.1, 0.15) is 0 Å². The first-order chi connectivity index (χ1) is 9.65. The van der Waals surface area contributed by atoms with E-state index < -0.39 is 0 Å². The zero-order chi connectivity index (χ0) is 14.4. The minimum atomic E-state index is 0.766. The van der Waals surface area contributed by atoms with E-state index in [0.717, 1.165) is 23.7 Å². The second-order valence-corrected chi connectivity index (χ2v) is 7.94. The molecule has 0 amide bonds. The lowest BCUT2D eigenvalue weighted by molar-refractivity contribution is 0.174. The molecule has 20 heavy (non-hydrogen) atoms. The maximum Gasteiger partial charge on any atom is -0.00178 e. The summed E-state index contributed by atoms with van der Waals surface area (Å²) in [5.74, 6) is 3.53. The van der Waals surface area contributed by atoms with Crippen molar-refractivity contribution in [2.75, 3.05) is 13.1 Å². The zero-order valence-corrected chi connectivity index (χ0v) is 14.2. The van der Waals surface area contributed by atoms with Crippen LogP contribution in [0.5, 0.6) is 0 Å². The highest BCUT2D eigenvalue weighted by molar-refractivity contribution is 7.07. The molecule has 1 heterocycles. The van der Waals surface area contributed by atoms with E-state index in [2.05, 4.69) is 42.9 Å². The minimum absolute atomic E-state index is 0.766. The van der Waals surface area contributed by atoms with Crippen LogP contribution in [0.1, 0.15) is 52.0 Å². The van der Waals surface area contributed by atoms with Crippen LogP contribution in [0.4, 0.5) is 0 Å². The van der Waals surface area contributed by atoms with Gasteiger partial charge in [-0.1, -0.05) is 27.2 Å². The SMILES string of the molecule is CC(C)CNCC1CCC(C)CC1CCc1ccsc1. The topological polar surface area (TPSA) is 12.0 Å². The van der Waals surface area contributed by atoms with Crippen LogP contribution in [0.3, 0.4) is 0 Å². The fourth-order valence-corrected chi connectivity index (χ4v) is 4.23. The Kier molecular flexibility index (Phi) is 6.57. The average Bonchev–Trinajstić information content (AvgIpc) is 2.91. The fourth-order valence-electron chi connectivity index (χ4n) is 3.53. The van der Waals surface area contributed by atoms with Gasteiger partial charge < -0.3 is 5.32 Å². The van der Waals surface area contributed by atoms with Crippen LogP contribution in [-0.2, 0) is 6.42 Å². The maximum atomic E-state index is 3.69. The Bertz CT molecular complexity index is 358. The summed E-state index contributed by atoms with van der Waals surface area (Å²) < 4.78 is 0. The third-order valence-corrected chi connectivity index (χ3v) is 5.48. The molecule has 1 N–H and O–H groups in total. The van der Waals surface area contributed by atoms with Gasteiger partial charge in [0.2, 0.25) is 0 Å². The molecule has 1 nitrogen and oxygen atoms in total. The Morgan fingerprint density at radius 1 is 1.30 bits per heavy atom. The van der Waals surface area contributed by atoms with E-state index in [1.54, 1.807) is 5.56 Å². The first-order valence-electron chi connectivity index (χ1n) is 8.37. The van der Waals surface area contributed by atoms with Crippen LogP contribution in [-0.4, -0.2) is 13.1 Å². The van der Waals surface area contributed by atoms with Crippen molar-refractivity contribution in [2.24, 2.45) is 23.7 Å². The summed E-state index contributed by atoms with van der Waals surface area (Å²) >= 11 is 1.83. The highest BCUT2D eigenvalue weighted by Crippen LogP contribution is 2.36. The quantitative estimate of drug-likeness (QED) is 0.747. The molecule has 0 bridgehead atoms. The van der Waals surface area contributed by atoms with Crippen LogP contribution in [0.25, 0.3) is 0 Å². The number of thiophene rings is 1. The van der Waals surface area contributed by atoms with Crippen molar-refractivity contribution in [3.8, 4) is 0 Å². The van der Waals surface area contributed by atoms with Gasteiger partial charge in [-0.2, -0.15) is 11.3 Å². The van der Waals surface area contributed by atoms with Crippen LogP contribution in [0, 0.1) is 23.7 Å². The first-order valence-corrected chi connectivity index (χ1v) is 9.31. The summed E-state index contributed by atoms with van der Waals surface area (Å²) in [4.78, 5) is 0. The molecule has 2 heteroatoms. The fraction of sp³-hybridized carbons (Fsp3) is 0.778. The number of hydrogen-bond donors (Lipinski definition) is 1. The van der Waals surface area contributed by atoms with Crippen molar-refractivity contribution < 1.29 is 0 Å². The van der Waals surface area contributed by atoms with Crippen LogP contribution in [0.15, 0.2) is 16.8 Å². The molecule has 0 saturated heterocycles. The van der Waals surface area contributed by atoms with E-state index in [9.17, 15) is 0 Å². The van der Waals surface area contributed by atoms with E-state index in [-0.39, 0.29) is 0 Å². The first kappa shape index (κ1) is 16.0. The summed E-state index contributed by atoms with van der Waals surface area (Å²) in [6.07, 6.45) is 6.97. The van der Waals surface area contributed by atoms with E-state index in [1.165, 1.54) is 45.2 Å². The normalized spacial score (nSPS) is 27.1. The molecular formula is C18H31NS. The summed E-state index contributed by atoms with van der Waals surface area (Å²) in [5, 5.41) is 8.22. The molecule has 0 aromatic carbocycles. The van der Waals surface area contributed by atoms with Crippen molar-refractivity contribution in [2.45, 2.75) is 52.9 Å². The highest BCUT2D eigenvalue weighted by Gasteiger charge is 2.28. The predicted octanol–water partition coefficient (Wildman–Crippen LogP) is 4.98. The second-order valence-electron chi connectivity index (χ2n) is 7.16. The minimum Gasteiger partial charge on any atom is -0.316 e. The lowest BCUT2D eigenvalue weighted by Gasteiger charge is -2.35. The zero-order valence-electron chi connectivity index (χ0n) is 13.4. The number of aryl methyl sites for hydroxylation is 1. The molecule has 1 saturated carbocycles. The van der Waals surface area contributed by atoms with Gasteiger partial charge in [0.15, 0.2) is 0 Å². The molecule has 2 rings (SSSR count). The average molecular weight is 294 g/mol. The lowest BCUT2D eigenvalue weighted by atomic mass is 9.72. The van der Waals surface area contributed by atoms with Gasteiger partial charge in [0.25, 0.3) is 0 Å². The van der Waals surface area contributed by atoms with Crippen LogP contribution >= 0.6 is 11.3 Å². The Hall–Kier alpha value is -0.340. The summed E-state index contributed by atoms with van der Waals surface area (Å²) in [6, 6.07) is 2.29. The monoisotopic (exact) mass is 293 g/mol. The second kappa shape index (κ2) is 8.19. The van der Waals surface area contributed by atoms with Crippen molar-refractivity contribution in [3.05, 3.63) is 22.4 Å². The summed E-state index contributed by atoms with van der Waals surface area (Å²) in [6.45, 7) is 9.44. The third-order valence-electron chi connectivity index (χ3n) is 4.75. The molecular weight excluding hydrogens is 262 g/mol. The van der Waals surface area contributed by atoms with Crippen molar-refractivity contribution in [1.82, 2.24) is 5.32 Å². The molecule has 0 spiro atoms. The Morgan fingerprint density at radius 3 is 2.85 bits per heavy atom.